The summed E-state index contributed by atoms with van der Waals surface area (Å²) in [4.78, 5) is 2.54. The summed E-state index contributed by atoms with van der Waals surface area (Å²) in [6.45, 7) is 5.09. The number of rotatable bonds is 3. The van der Waals surface area contributed by atoms with Gasteiger partial charge in [0, 0.05) is 23.0 Å². The average molecular weight is 392 g/mol. The van der Waals surface area contributed by atoms with Crippen LogP contribution in [-0.2, 0) is 12.0 Å². The highest BCUT2D eigenvalue weighted by Crippen LogP contribution is 2.47. The lowest BCUT2D eigenvalue weighted by Gasteiger charge is -2.39. The van der Waals surface area contributed by atoms with Crippen LogP contribution in [0.4, 0.5) is 0 Å². The molecule has 4 nitrogen and oxygen atoms in total. The Kier molecular flexibility index (Phi) is 4.33. The molecule has 1 aromatic heterocycles. The van der Waals surface area contributed by atoms with Gasteiger partial charge in [-0.3, -0.25) is 4.90 Å². The molecule has 0 radical (unpaired) electrons. The number of ether oxygens (including phenoxy) is 1. The molecule has 6 rings (SSSR count). The van der Waals surface area contributed by atoms with Crippen LogP contribution in [0.5, 0.6) is 11.6 Å². The number of aromatic nitrogens is 2. The molecule has 3 aromatic rings. The van der Waals surface area contributed by atoms with Gasteiger partial charge in [0.25, 0.3) is 0 Å². The summed E-state index contributed by atoms with van der Waals surface area (Å²) in [5.74, 6) is 1.33. The van der Waals surface area contributed by atoms with E-state index in [2.05, 4.69) is 45.4 Å². The van der Waals surface area contributed by atoms with Crippen molar-refractivity contribution in [1.82, 2.24) is 15.1 Å². The molecule has 0 unspecified atom stereocenters. The van der Waals surface area contributed by atoms with Crippen LogP contribution in [0, 0.1) is 6.92 Å². The highest BCUT2D eigenvalue weighted by atomic mass is 35.5. The standard InChI is InChI=1S/C23H22ClN3O/c1-16-2-9-22(26-25-16)28-20-7-8-21-17(14-20)15-27-12-10-23(21,11-13-27)18-3-5-19(24)6-4-18/h2-9,14H,10-13,15H2,1H3. The first-order valence-electron chi connectivity index (χ1n) is 9.72. The van der Waals surface area contributed by atoms with Gasteiger partial charge in [0.1, 0.15) is 5.75 Å². The fraction of sp³-hybridized carbons (Fsp3) is 0.304. The maximum absolute atomic E-state index is 6.15. The van der Waals surface area contributed by atoms with Crippen LogP contribution >= 0.6 is 11.6 Å². The van der Waals surface area contributed by atoms with Crippen molar-refractivity contribution in [3.05, 3.63) is 82.0 Å². The predicted octanol–water partition coefficient (Wildman–Crippen LogP) is 5.13. The van der Waals surface area contributed by atoms with Gasteiger partial charge in [-0.25, -0.2) is 0 Å². The van der Waals surface area contributed by atoms with E-state index >= 15 is 0 Å². The number of piperidine rings is 1. The number of benzene rings is 2. The van der Waals surface area contributed by atoms with Crippen LogP contribution < -0.4 is 4.74 Å². The molecule has 1 fully saturated rings. The van der Waals surface area contributed by atoms with Crippen molar-refractivity contribution >= 4 is 11.6 Å². The van der Waals surface area contributed by atoms with Crippen LogP contribution in [0.2, 0.25) is 5.02 Å². The molecule has 0 N–H and O–H groups in total. The second-order valence-corrected chi connectivity index (χ2v) is 8.24. The van der Waals surface area contributed by atoms with Gasteiger partial charge in [-0.15, -0.1) is 5.10 Å². The zero-order chi connectivity index (χ0) is 19.1. The van der Waals surface area contributed by atoms with Gasteiger partial charge in [0.05, 0.1) is 5.69 Å². The van der Waals surface area contributed by atoms with Crippen molar-refractivity contribution in [2.24, 2.45) is 0 Å². The summed E-state index contributed by atoms with van der Waals surface area (Å²) < 4.78 is 5.98. The Labute approximate surface area is 170 Å². The Morgan fingerprint density at radius 2 is 1.75 bits per heavy atom. The third-order valence-electron chi connectivity index (χ3n) is 6.09. The molecular formula is C23H22ClN3O. The summed E-state index contributed by atoms with van der Waals surface area (Å²) in [6.07, 6.45) is 2.26. The summed E-state index contributed by atoms with van der Waals surface area (Å²) >= 11 is 6.15. The molecule has 0 saturated carbocycles. The maximum Gasteiger partial charge on any atom is 0.238 e. The molecule has 28 heavy (non-hydrogen) atoms. The van der Waals surface area contributed by atoms with Crippen LogP contribution in [0.15, 0.2) is 54.6 Å². The van der Waals surface area contributed by atoms with Crippen LogP contribution in [0.25, 0.3) is 0 Å². The zero-order valence-electron chi connectivity index (χ0n) is 15.9. The summed E-state index contributed by atoms with van der Waals surface area (Å²) in [5, 5.41) is 8.98. The van der Waals surface area contributed by atoms with E-state index in [1.807, 2.05) is 31.2 Å². The van der Waals surface area contributed by atoms with Gasteiger partial charge in [0.2, 0.25) is 5.88 Å². The van der Waals surface area contributed by atoms with Gasteiger partial charge in [-0.05, 0) is 79.9 Å². The van der Waals surface area contributed by atoms with E-state index in [0.717, 1.165) is 48.9 Å². The van der Waals surface area contributed by atoms with Gasteiger partial charge in [0.15, 0.2) is 0 Å². The van der Waals surface area contributed by atoms with E-state index in [-0.39, 0.29) is 5.41 Å². The molecule has 0 aliphatic carbocycles. The van der Waals surface area contributed by atoms with E-state index in [9.17, 15) is 0 Å². The lowest BCUT2D eigenvalue weighted by molar-refractivity contribution is 0.190. The van der Waals surface area contributed by atoms with Crippen molar-refractivity contribution in [2.75, 3.05) is 13.1 Å². The third kappa shape index (κ3) is 3.07. The predicted molar refractivity (Wildman–Crippen MR) is 110 cm³/mol. The lowest BCUT2D eigenvalue weighted by Crippen LogP contribution is -2.39. The highest BCUT2D eigenvalue weighted by Gasteiger charge is 2.42. The first-order chi connectivity index (χ1) is 13.6. The zero-order valence-corrected chi connectivity index (χ0v) is 16.6. The number of hydrogen-bond donors (Lipinski definition) is 0. The second-order valence-electron chi connectivity index (χ2n) is 7.80. The molecule has 3 aliphatic rings. The minimum atomic E-state index is 0.0507. The molecule has 2 aromatic carbocycles. The Morgan fingerprint density at radius 3 is 2.46 bits per heavy atom. The molecule has 5 heteroatoms. The Balaban J connectivity index is 1.55. The molecule has 142 valence electrons. The summed E-state index contributed by atoms with van der Waals surface area (Å²) in [5.41, 5.74) is 5.04. The minimum absolute atomic E-state index is 0.0507. The highest BCUT2D eigenvalue weighted by molar-refractivity contribution is 6.30. The largest absolute Gasteiger partial charge is 0.438 e. The van der Waals surface area contributed by atoms with E-state index < -0.39 is 0 Å². The molecule has 1 saturated heterocycles. The third-order valence-corrected chi connectivity index (χ3v) is 6.34. The molecule has 4 heterocycles. The number of halogens is 1. The van der Waals surface area contributed by atoms with Crippen LogP contribution in [0.1, 0.15) is 35.2 Å². The van der Waals surface area contributed by atoms with Crippen LogP contribution in [0.3, 0.4) is 0 Å². The first-order valence-corrected chi connectivity index (χ1v) is 10.1. The van der Waals surface area contributed by atoms with Gasteiger partial charge in [-0.2, -0.15) is 5.10 Å². The minimum Gasteiger partial charge on any atom is -0.438 e. The molecule has 0 atom stereocenters. The monoisotopic (exact) mass is 391 g/mol. The Bertz CT molecular complexity index is 993. The fourth-order valence-corrected chi connectivity index (χ4v) is 4.74. The topological polar surface area (TPSA) is 38.2 Å². The number of hydrogen-bond acceptors (Lipinski definition) is 4. The maximum atomic E-state index is 6.15. The number of aryl methyl sites for hydroxylation is 1. The van der Waals surface area contributed by atoms with Crippen molar-refractivity contribution in [3.8, 4) is 11.6 Å². The van der Waals surface area contributed by atoms with E-state index in [0.29, 0.717) is 5.88 Å². The van der Waals surface area contributed by atoms with Crippen molar-refractivity contribution in [2.45, 2.75) is 31.7 Å². The Hall–Kier alpha value is -2.43. The number of fused-ring (bicyclic) bond motifs is 2. The van der Waals surface area contributed by atoms with Gasteiger partial charge in [-0.1, -0.05) is 29.8 Å². The lowest BCUT2D eigenvalue weighted by atomic mass is 9.68. The average Bonchev–Trinajstić information content (AvgIpc) is 2.96. The van der Waals surface area contributed by atoms with Crippen molar-refractivity contribution in [3.63, 3.8) is 0 Å². The normalized spacial score (nSPS) is 23.1. The first kappa shape index (κ1) is 17.7. The Morgan fingerprint density at radius 1 is 0.964 bits per heavy atom. The summed E-state index contributed by atoms with van der Waals surface area (Å²) in [7, 11) is 0. The molecular weight excluding hydrogens is 370 g/mol. The van der Waals surface area contributed by atoms with E-state index in [1.165, 1.54) is 16.7 Å². The SMILES string of the molecule is Cc1ccc(Oc2ccc3c(c2)CN2CCC3(c3ccc(Cl)cc3)CC2)nn1. The smallest absolute Gasteiger partial charge is 0.238 e. The van der Waals surface area contributed by atoms with Gasteiger partial charge >= 0.3 is 0 Å². The van der Waals surface area contributed by atoms with Crippen LogP contribution in [-0.4, -0.2) is 28.2 Å². The molecule has 3 aliphatic heterocycles. The van der Waals surface area contributed by atoms with Crippen molar-refractivity contribution in [1.29, 1.82) is 0 Å². The fourth-order valence-electron chi connectivity index (χ4n) is 4.61. The van der Waals surface area contributed by atoms with E-state index in [1.54, 1.807) is 0 Å². The molecule has 2 bridgehead atoms. The second kappa shape index (κ2) is 6.87. The summed E-state index contributed by atoms with van der Waals surface area (Å²) in [6, 6.07) is 18.7. The molecule has 0 spiro atoms. The molecule has 0 amide bonds. The van der Waals surface area contributed by atoms with Crippen molar-refractivity contribution < 1.29 is 4.74 Å². The van der Waals surface area contributed by atoms with Gasteiger partial charge < -0.3 is 4.74 Å². The van der Waals surface area contributed by atoms with E-state index in [4.69, 9.17) is 16.3 Å². The number of nitrogens with zero attached hydrogens (tertiary/aromatic N) is 3. The quantitative estimate of drug-likeness (QED) is 0.620.